The lowest BCUT2D eigenvalue weighted by molar-refractivity contribution is -0.120. The third-order valence-corrected chi connectivity index (χ3v) is 4.16. The van der Waals surface area contributed by atoms with E-state index in [0.717, 1.165) is 5.56 Å². The number of hydrogen-bond acceptors (Lipinski definition) is 2. The van der Waals surface area contributed by atoms with E-state index in [2.05, 4.69) is 5.32 Å². The number of carboxylic acids is 1. The number of aromatic carboxylic acids is 1. The molecule has 2 aromatic carbocycles. The number of carboxylic acid groups (broad SMARTS) is 1. The highest BCUT2D eigenvalue weighted by Crippen LogP contribution is 2.27. The van der Waals surface area contributed by atoms with Gasteiger partial charge in [-0.2, -0.15) is 0 Å². The van der Waals surface area contributed by atoms with Crippen LogP contribution in [0, 0.1) is 19.7 Å². The molecule has 0 aromatic heterocycles. The number of anilines is 1. The number of carbonyl (C=O) groups is 2. The Morgan fingerprint density at radius 2 is 1.75 bits per heavy atom. The van der Waals surface area contributed by atoms with Gasteiger partial charge in [0.15, 0.2) is 0 Å². The van der Waals surface area contributed by atoms with Crippen molar-refractivity contribution in [1.82, 2.24) is 0 Å². The Kier molecular flexibility index (Phi) is 4.73. The third-order valence-electron chi connectivity index (χ3n) is 4.16. The maximum atomic E-state index is 13.4. The molecule has 126 valence electrons. The summed E-state index contributed by atoms with van der Waals surface area (Å²) in [5.74, 6) is -1.79. The number of hydrogen-bond donors (Lipinski definition) is 2. The van der Waals surface area contributed by atoms with Crippen molar-refractivity contribution in [3.8, 4) is 0 Å². The Hall–Kier alpha value is -2.69. The molecule has 0 aliphatic rings. The van der Waals surface area contributed by atoms with Crippen LogP contribution in [0.2, 0.25) is 0 Å². The molecule has 0 unspecified atom stereocenters. The number of benzene rings is 2. The van der Waals surface area contributed by atoms with Crippen LogP contribution in [0.1, 0.15) is 40.9 Å². The summed E-state index contributed by atoms with van der Waals surface area (Å²) in [4.78, 5) is 24.0. The van der Waals surface area contributed by atoms with Crippen LogP contribution in [0.4, 0.5) is 10.1 Å². The molecule has 0 fully saturated rings. The molecular weight excluding hydrogens is 309 g/mol. The average Bonchev–Trinajstić information content (AvgIpc) is 2.49. The number of nitrogens with one attached hydrogen (secondary N) is 1. The van der Waals surface area contributed by atoms with Crippen LogP contribution in [0.15, 0.2) is 36.4 Å². The molecule has 2 aromatic rings. The summed E-state index contributed by atoms with van der Waals surface area (Å²) in [6.45, 7) is 6.89. The third kappa shape index (κ3) is 3.45. The number of amides is 1. The molecule has 0 aliphatic heterocycles. The van der Waals surface area contributed by atoms with Crippen molar-refractivity contribution in [2.45, 2.75) is 33.1 Å². The number of halogens is 1. The fourth-order valence-electron chi connectivity index (χ4n) is 2.50. The summed E-state index contributed by atoms with van der Waals surface area (Å²) in [5.41, 5.74) is 1.54. The highest BCUT2D eigenvalue weighted by molar-refractivity contribution is 6.00. The van der Waals surface area contributed by atoms with Gasteiger partial charge >= 0.3 is 5.97 Å². The quantitative estimate of drug-likeness (QED) is 0.889. The van der Waals surface area contributed by atoms with E-state index in [0.29, 0.717) is 16.8 Å². The van der Waals surface area contributed by atoms with E-state index in [1.165, 1.54) is 18.2 Å². The van der Waals surface area contributed by atoms with Gasteiger partial charge in [-0.3, -0.25) is 4.79 Å². The van der Waals surface area contributed by atoms with Crippen molar-refractivity contribution >= 4 is 17.6 Å². The average molecular weight is 329 g/mol. The number of carbonyl (C=O) groups excluding carboxylic acids is 1. The highest BCUT2D eigenvalue weighted by Gasteiger charge is 2.30. The second kappa shape index (κ2) is 6.43. The van der Waals surface area contributed by atoms with Gasteiger partial charge in [-0.1, -0.05) is 18.2 Å². The summed E-state index contributed by atoms with van der Waals surface area (Å²) < 4.78 is 13.4. The standard InChI is InChI=1S/C19H20FNO3/c1-11-8-12(2)16(10-15(11)17(22)23)21-18(24)19(3,4)13-6-5-7-14(20)9-13/h5-10H,1-4H3,(H,21,24)(H,22,23). The van der Waals surface area contributed by atoms with Gasteiger partial charge in [0.2, 0.25) is 5.91 Å². The van der Waals surface area contributed by atoms with Crippen LogP contribution >= 0.6 is 0 Å². The Bertz CT molecular complexity index is 812. The molecular formula is C19H20FNO3. The summed E-state index contributed by atoms with van der Waals surface area (Å²) >= 11 is 0. The number of rotatable bonds is 4. The van der Waals surface area contributed by atoms with Crippen LogP contribution in [0.3, 0.4) is 0 Å². The second-order valence-corrected chi connectivity index (χ2v) is 6.38. The normalized spacial score (nSPS) is 11.2. The summed E-state index contributed by atoms with van der Waals surface area (Å²) in [6, 6.07) is 9.05. The molecule has 0 radical (unpaired) electrons. The van der Waals surface area contributed by atoms with E-state index in [-0.39, 0.29) is 11.5 Å². The van der Waals surface area contributed by atoms with Crippen molar-refractivity contribution < 1.29 is 19.1 Å². The minimum absolute atomic E-state index is 0.138. The van der Waals surface area contributed by atoms with Gasteiger partial charge < -0.3 is 10.4 Å². The van der Waals surface area contributed by atoms with Crippen LogP contribution in [0.5, 0.6) is 0 Å². The van der Waals surface area contributed by atoms with Crippen LogP contribution in [0.25, 0.3) is 0 Å². The first-order chi connectivity index (χ1) is 11.1. The molecule has 0 heterocycles. The molecule has 0 spiro atoms. The van der Waals surface area contributed by atoms with Gasteiger partial charge in [-0.25, -0.2) is 9.18 Å². The van der Waals surface area contributed by atoms with Gasteiger partial charge in [0.1, 0.15) is 5.82 Å². The molecule has 2 N–H and O–H groups in total. The van der Waals surface area contributed by atoms with Gasteiger partial charge in [0.25, 0.3) is 0 Å². The van der Waals surface area contributed by atoms with Gasteiger partial charge in [-0.05, 0) is 62.6 Å². The Morgan fingerprint density at radius 3 is 2.33 bits per heavy atom. The smallest absolute Gasteiger partial charge is 0.336 e. The highest BCUT2D eigenvalue weighted by atomic mass is 19.1. The monoisotopic (exact) mass is 329 g/mol. The van der Waals surface area contributed by atoms with Crippen molar-refractivity contribution in [3.05, 3.63) is 64.5 Å². The van der Waals surface area contributed by atoms with Crippen molar-refractivity contribution in [2.24, 2.45) is 0 Å². The van der Waals surface area contributed by atoms with Crippen molar-refractivity contribution in [2.75, 3.05) is 5.32 Å². The molecule has 24 heavy (non-hydrogen) atoms. The first-order valence-corrected chi connectivity index (χ1v) is 7.55. The lowest BCUT2D eigenvalue weighted by Gasteiger charge is -2.25. The molecule has 0 aliphatic carbocycles. The molecule has 4 nitrogen and oxygen atoms in total. The molecule has 0 saturated carbocycles. The van der Waals surface area contributed by atoms with Crippen molar-refractivity contribution in [3.63, 3.8) is 0 Å². The molecule has 0 atom stereocenters. The molecule has 0 bridgehead atoms. The van der Waals surface area contributed by atoms with Crippen LogP contribution < -0.4 is 5.32 Å². The van der Waals surface area contributed by atoms with Crippen LogP contribution in [-0.2, 0) is 10.2 Å². The molecule has 5 heteroatoms. The maximum Gasteiger partial charge on any atom is 0.336 e. The summed E-state index contributed by atoms with van der Waals surface area (Å²) in [5, 5.41) is 12.0. The Labute approximate surface area is 140 Å². The summed E-state index contributed by atoms with van der Waals surface area (Å²) in [7, 11) is 0. The first kappa shape index (κ1) is 17.7. The van der Waals surface area contributed by atoms with E-state index in [4.69, 9.17) is 0 Å². The fraction of sp³-hybridized carbons (Fsp3) is 0.263. The predicted octanol–water partition coefficient (Wildman–Crippen LogP) is 4.06. The van der Waals surface area contributed by atoms with Gasteiger partial charge in [0.05, 0.1) is 11.0 Å². The van der Waals surface area contributed by atoms with Crippen LogP contribution in [-0.4, -0.2) is 17.0 Å². The van der Waals surface area contributed by atoms with Gasteiger partial charge in [-0.15, -0.1) is 0 Å². The minimum Gasteiger partial charge on any atom is -0.478 e. The topological polar surface area (TPSA) is 66.4 Å². The number of aryl methyl sites for hydroxylation is 2. The van der Waals surface area contributed by atoms with Gasteiger partial charge in [0, 0.05) is 5.69 Å². The van der Waals surface area contributed by atoms with E-state index >= 15 is 0 Å². The lowest BCUT2D eigenvalue weighted by Crippen LogP contribution is -2.35. The molecule has 0 saturated heterocycles. The van der Waals surface area contributed by atoms with E-state index < -0.39 is 17.2 Å². The minimum atomic E-state index is -1.05. The zero-order chi connectivity index (χ0) is 18.1. The Morgan fingerprint density at radius 1 is 1.08 bits per heavy atom. The predicted molar refractivity (Wildman–Crippen MR) is 90.9 cm³/mol. The molecule has 2 rings (SSSR count). The largest absolute Gasteiger partial charge is 0.478 e. The SMILES string of the molecule is Cc1cc(C)c(C(=O)O)cc1NC(=O)C(C)(C)c1cccc(F)c1. The van der Waals surface area contributed by atoms with E-state index in [9.17, 15) is 19.1 Å². The molecule has 1 amide bonds. The van der Waals surface area contributed by atoms with E-state index in [1.807, 2.05) is 0 Å². The lowest BCUT2D eigenvalue weighted by atomic mass is 9.83. The zero-order valence-electron chi connectivity index (χ0n) is 14.1. The van der Waals surface area contributed by atoms with Crippen molar-refractivity contribution in [1.29, 1.82) is 0 Å². The fourth-order valence-corrected chi connectivity index (χ4v) is 2.50. The summed E-state index contributed by atoms with van der Waals surface area (Å²) in [6.07, 6.45) is 0. The zero-order valence-corrected chi connectivity index (χ0v) is 14.1. The maximum absolute atomic E-state index is 13.4. The second-order valence-electron chi connectivity index (χ2n) is 6.38. The first-order valence-electron chi connectivity index (χ1n) is 7.55. The Balaban J connectivity index is 2.35. The van der Waals surface area contributed by atoms with E-state index in [1.54, 1.807) is 45.9 Å².